The van der Waals surface area contributed by atoms with Crippen molar-refractivity contribution in [1.29, 1.82) is 0 Å². The highest BCUT2D eigenvalue weighted by Gasteiger charge is 2.33. The summed E-state index contributed by atoms with van der Waals surface area (Å²) < 4.78 is 0. The molecule has 2 saturated heterocycles. The quantitative estimate of drug-likeness (QED) is 0.762. The number of carbonyl (C=O) groups excluding carboxylic acids is 1. The summed E-state index contributed by atoms with van der Waals surface area (Å²) in [5.74, 6) is 0.360. The number of hydrogen-bond acceptors (Lipinski definition) is 4. The summed E-state index contributed by atoms with van der Waals surface area (Å²) in [6.07, 6.45) is 4.79. The van der Waals surface area contributed by atoms with Crippen molar-refractivity contribution < 1.29 is 4.79 Å². The molecular formula is C14H20N4O. The summed E-state index contributed by atoms with van der Waals surface area (Å²) in [5, 5.41) is 7.07. The van der Waals surface area contributed by atoms with E-state index in [1.807, 2.05) is 6.92 Å². The predicted octanol–water partition coefficient (Wildman–Crippen LogP) is 1.18. The van der Waals surface area contributed by atoms with E-state index in [2.05, 4.69) is 15.6 Å². The number of carbonyl (C=O) groups is 1. The number of piperidine rings is 1. The molecule has 0 aromatic carbocycles. The van der Waals surface area contributed by atoms with Gasteiger partial charge in [-0.15, -0.1) is 0 Å². The summed E-state index contributed by atoms with van der Waals surface area (Å²) in [7, 11) is 0. The van der Waals surface area contributed by atoms with E-state index < -0.39 is 5.91 Å². The number of pyridine rings is 1. The molecule has 3 heterocycles. The first-order valence-electron chi connectivity index (χ1n) is 6.91. The highest BCUT2D eigenvalue weighted by Crippen LogP contribution is 2.28. The SMILES string of the molecule is Cc1cc(C(N)=O)cc(NC2CC3CCC(C2)N3)n1. The summed E-state index contributed by atoms with van der Waals surface area (Å²) in [6, 6.07) is 5.18. The van der Waals surface area contributed by atoms with Crippen LogP contribution in [0.1, 0.15) is 41.7 Å². The molecule has 1 aromatic heterocycles. The lowest BCUT2D eigenvalue weighted by atomic mass is 10.00. The van der Waals surface area contributed by atoms with Gasteiger partial charge in [-0.3, -0.25) is 4.79 Å². The normalized spacial score (nSPS) is 29.2. The van der Waals surface area contributed by atoms with Gasteiger partial charge in [-0.05, 0) is 44.7 Å². The molecule has 2 fully saturated rings. The van der Waals surface area contributed by atoms with Gasteiger partial charge in [0.2, 0.25) is 5.91 Å². The van der Waals surface area contributed by atoms with Gasteiger partial charge in [-0.2, -0.15) is 0 Å². The van der Waals surface area contributed by atoms with Gasteiger partial charge in [0.15, 0.2) is 0 Å². The minimum Gasteiger partial charge on any atom is -0.367 e. The first-order valence-corrected chi connectivity index (χ1v) is 6.91. The van der Waals surface area contributed by atoms with Crippen LogP contribution in [0.5, 0.6) is 0 Å². The van der Waals surface area contributed by atoms with Crippen LogP contribution in [0.15, 0.2) is 12.1 Å². The molecule has 3 rings (SSSR count). The topological polar surface area (TPSA) is 80.0 Å². The maximum atomic E-state index is 11.3. The van der Waals surface area contributed by atoms with Crippen LogP contribution in [-0.4, -0.2) is 29.0 Å². The Morgan fingerprint density at radius 3 is 2.68 bits per heavy atom. The van der Waals surface area contributed by atoms with E-state index in [-0.39, 0.29) is 0 Å². The van der Waals surface area contributed by atoms with Crippen LogP contribution in [0, 0.1) is 6.92 Å². The smallest absolute Gasteiger partial charge is 0.248 e. The van der Waals surface area contributed by atoms with Gasteiger partial charge in [0.05, 0.1) is 0 Å². The molecule has 5 nitrogen and oxygen atoms in total. The number of aromatic nitrogens is 1. The Bertz CT molecular complexity index is 490. The summed E-state index contributed by atoms with van der Waals surface area (Å²) >= 11 is 0. The Balaban J connectivity index is 1.74. The zero-order chi connectivity index (χ0) is 13.4. The fourth-order valence-electron chi connectivity index (χ4n) is 3.27. The minimum atomic E-state index is -0.404. The fourth-order valence-corrected chi connectivity index (χ4v) is 3.27. The third-order valence-corrected chi connectivity index (χ3v) is 4.06. The Labute approximate surface area is 113 Å². The van der Waals surface area contributed by atoms with Crippen molar-refractivity contribution in [2.45, 2.75) is 50.7 Å². The van der Waals surface area contributed by atoms with Crippen LogP contribution in [0.4, 0.5) is 5.82 Å². The van der Waals surface area contributed by atoms with Gasteiger partial charge in [-0.1, -0.05) is 0 Å². The largest absolute Gasteiger partial charge is 0.367 e. The average molecular weight is 260 g/mol. The number of fused-ring (bicyclic) bond motifs is 2. The van der Waals surface area contributed by atoms with Gasteiger partial charge < -0.3 is 16.4 Å². The van der Waals surface area contributed by atoms with Gasteiger partial charge in [0.25, 0.3) is 0 Å². The molecule has 2 bridgehead atoms. The second kappa shape index (κ2) is 4.81. The van der Waals surface area contributed by atoms with Crippen LogP contribution in [0.2, 0.25) is 0 Å². The fraction of sp³-hybridized carbons (Fsp3) is 0.571. The molecule has 0 radical (unpaired) electrons. The molecule has 2 atom stereocenters. The summed E-state index contributed by atoms with van der Waals surface area (Å²) in [4.78, 5) is 15.7. The van der Waals surface area contributed by atoms with Crippen molar-refractivity contribution in [2.24, 2.45) is 5.73 Å². The highest BCUT2D eigenvalue weighted by molar-refractivity contribution is 5.93. The van der Waals surface area contributed by atoms with Crippen molar-refractivity contribution in [3.63, 3.8) is 0 Å². The molecule has 19 heavy (non-hydrogen) atoms. The molecule has 2 unspecified atom stereocenters. The molecular weight excluding hydrogens is 240 g/mol. The molecule has 2 aliphatic heterocycles. The predicted molar refractivity (Wildman–Crippen MR) is 74.1 cm³/mol. The van der Waals surface area contributed by atoms with Crippen molar-refractivity contribution in [3.05, 3.63) is 23.4 Å². The molecule has 4 N–H and O–H groups in total. The number of nitrogens with one attached hydrogen (secondary N) is 2. The number of nitrogens with zero attached hydrogens (tertiary/aromatic N) is 1. The molecule has 2 aliphatic rings. The third kappa shape index (κ3) is 2.71. The second-order valence-electron chi connectivity index (χ2n) is 5.70. The van der Waals surface area contributed by atoms with Crippen molar-refractivity contribution in [1.82, 2.24) is 10.3 Å². The van der Waals surface area contributed by atoms with E-state index in [0.29, 0.717) is 23.7 Å². The van der Waals surface area contributed by atoms with Gasteiger partial charge in [0.1, 0.15) is 5.82 Å². The van der Waals surface area contributed by atoms with Crippen molar-refractivity contribution in [3.8, 4) is 0 Å². The molecule has 0 saturated carbocycles. The summed E-state index contributed by atoms with van der Waals surface area (Å²) in [5.41, 5.74) is 6.67. The Morgan fingerprint density at radius 2 is 2.05 bits per heavy atom. The molecule has 5 heteroatoms. The highest BCUT2D eigenvalue weighted by atomic mass is 16.1. The van der Waals surface area contributed by atoms with E-state index in [1.165, 1.54) is 12.8 Å². The van der Waals surface area contributed by atoms with E-state index in [4.69, 9.17) is 5.73 Å². The Kier molecular flexibility index (Phi) is 3.14. The standard InChI is InChI=1S/C14H20N4O/c1-8-4-9(14(15)19)5-13(16-8)18-12-6-10-2-3-11(7-12)17-10/h4-5,10-12,17H,2-3,6-7H2,1H3,(H2,15,19)(H,16,18). The number of rotatable bonds is 3. The van der Waals surface area contributed by atoms with Crippen LogP contribution in [0.25, 0.3) is 0 Å². The van der Waals surface area contributed by atoms with Crippen LogP contribution in [0.3, 0.4) is 0 Å². The molecule has 0 aliphatic carbocycles. The van der Waals surface area contributed by atoms with Crippen molar-refractivity contribution in [2.75, 3.05) is 5.32 Å². The van der Waals surface area contributed by atoms with Crippen molar-refractivity contribution >= 4 is 11.7 Å². The number of primary amides is 1. The van der Waals surface area contributed by atoms with Crippen LogP contribution < -0.4 is 16.4 Å². The third-order valence-electron chi connectivity index (χ3n) is 4.06. The number of amides is 1. The lowest BCUT2D eigenvalue weighted by Gasteiger charge is -2.30. The molecule has 1 amide bonds. The molecule has 1 aromatic rings. The number of anilines is 1. The lowest BCUT2D eigenvalue weighted by molar-refractivity contribution is 0.1000. The minimum absolute atomic E-state index is 0.404. The van der Waals surface area contributed by atoms with Crippen LogP contribution in [-0.2, 0) is 0 Å². The van der Waals surface area contributed by atoms with E-state index in [0.717, 1.165) is 24.4 Å². The van der Waals surface area contributed by atoms with E-state index in [1.54, 1.807) is 12.1 Å². The van der Waals surface area contributed by atoms with Gasteiger partial charge >= 0.3 is 0 Å². The van der Waals surface area contributed by atoms with Crippen LogP contribution >= 0.6 is 0 Å². The zero-order valence-electron chi connectivity index (χ0n) is 11.1. The number of nitrogens with two attached hydrogens (primary N) is 1. The van der Waals surface area contributed by atoms with Gasteiger partial charge in [0, 0.05) is 29.4 Å². The lowest BCUT2D eigenvalue weighted by Crippen LogP contribution is -2.43. The van der Waals surface area contributed by atoms with E-state index >= 15 is 0 Å². The first-order chi connectivity index (χ1) is 9.10. The second-order valence-corrected chi connectivity index (χ2v) is 5.70. The van der Waals surface area contributed by atoms with Gasteiger partial charge in [-0.25, -0.2) is 4.98 Å². The average Bonchev–Trinajstić information content (AvgIpc) is 2.68. The first kappa shape index (κ1) is 12.4. The molecule has 0 spiro atoms. The molecule has 102 valence electrons. The van der Waals surface area contributed by atoms with E-state index in [9.17, 15) is 4.79 Å². The number of aryl methyl sites for hydroxylation is 1. The maximum Gasteiger partial charge on any atom is 0.248 e. The Hall–Kier alpha value is -1.62. The number of hydrogen-bond donors (Lipinski definition) is 3. The summed E-state index contributed by atoms with van der Waals surface area (Å²) in [6.45, 7) is 1.88. The monoisotopic (exact) mass is 260 g/mol. The Morgan fingerprint density at radius 1 is 1.37 bits per heavy atom. The maximum absolute atomic E-state index is 11.3. The zero-order valence-corrected chi connectivity index (χ0v) is 11.1.